The normalized spacial score (nSPS) is 12.3. The molecule has 0 fully saturated rings. The zero-order chi connectivity index (χ0) is 46.0. The van der Waals surface area contributed by atoms with Crippen LogP contribution in [0.5, 0.6) is 0 Å². The van der Waals surface area contributed by atoms with E-state index in [9.17, 15) is 5.53 Å². The molecule has 0 atom stereocenters. The summed E-state index contributed by atoms with van der Waals surface area (Å²) in [5, 5.41) is 0. The maximum atomic E-state index is 12.3. The van der Waals surface area contributed by atoms with Crippen LogP contribution in [0.15, 0.2) is 59.7 Å². The molecule has 2 aromatic carbocycles. The van der Waals surface area contributed by atoms with E-state index in [0.29, 0.717) is 0 Å². The van der Waals surface area contributed by atoms with Crippen LogP contribution in [-0.2, 0) is 33.3 Å². The van der Waals surface area contributed by atoms with E-state index < -0.39 is 0 Å². The molecular formula is C61H104N2Pd. The SMILES string of the molecule is CCCCCCCCCCCCCCCCc1cccc(C2=C(CCCC)C(CCCCC)=C(c3cccc(CCCCCCCCCCCCCCCC)c3)[N+]2=[N-])c1.[CH2-]C.[CH2-]C.[Pd+2]. The van der Waals surface area contributed by atoms with Gasteiger partial charge in [0.05, 0.1) is 0 Å². The molecule has 1 aliphatic heterocycles. The standard InChI is InChI=1S/C57H94N2.2C2H5.Pd/c1-5-9-13-15-17-19-21-23-25-27-29-31-33-36-40-50-42-38-44-52(48-50)56-54(46-12-8-4)55(47-35-11-7-3)57(59(56)58)53-45-39-43-51(49-53)41-37-34-32-30-28-26-24-22-20-18-16-14-10-6-2;2*1-2;/h38-39,42-45,48-49H,5-37,40-41,46-47H2,1-4H3;2*1H2,2H3;/q;2*-1;+2. The maximum absolute atomic E-state index is 12.3. The fraction of sp³-hybridized carbons (Fsp3) is 0.705. The van der Waals surface area contributed by atoms with Gasteiger partial charge >= 0.3 is 20.4 Å². The van der Waals surface area contributed by atoms with Crippen molar-refractivity contribution in [2.45, 2.75) is 279 Å². The Bertz CT molecular complexity index is 1440. The van der Waals surface area contributed by atoms with Gasteiger partial charge in [-0.3, -0.25) is 0 Å². The fourth-order valence-corrected chi connectivity index (χ4v) is 9.49. The molecule has 64 heavy (non-hydrogen) atoms. The molecule has 0 spiro atoms. The quantitative estimate of drug-likeness (QED) is 0.0276. The minimum Gasteiger partial charge on any atom is -0.493 e. The van der Waals surface area contributed by atoms with E-state index in [2.05, 4.69) is 90.1 Å². The molecule has 0 aliphatic carbocycles. The summed E-state index contributed by atoms with van der Waals surface area (Å²) in [6.45, 7) is 19.2. The van der Waals surface area contributed by atoms with E-state index in [-0.39, 0.29) is 20.4 Å². The van der Waals surface area contributed by atoms with E-state index in [1.807, 2.05) is 0 Å². The van der Waals surface area contributed by atoms with Gasteiger partial charge in [0.15, 0.2) is 0 Å². The molecule has 0 N–H and O–H groups in total. The number of nitrogens with zero attached hydrogens (tertiary/aromatic N) is 2. The Hall–Kier alpha value is -1.82. The Labute approximate surface area is 414 Å². The molecule has 368 valence electrons. The molecule has 0 saturated heterocycles. The van der Waals surface area contributed by atoms with Gasteiger partial charge in [0.1, 0.15) is 0 Å². The molecule has 0 bridgehead atoms. The van der Waals surface area contributed by atoms with Crippen molar-refractivity contribution >= 4 is 11.4 Å². The second-order valence-electron chi connectivity index (χ2n) is 18.6. The third-order valence-corrected chi connectivity index (χ3v) is 13.2. The first-order valence-corrected chi connectivity index (χ1v) is 27.7. The van der Waals surface area contributed by atoms with Crippen molar-refractivity contribution in [1.29, 1.82) is 0 Å². The Morgan fingerprint density at radius 3 is 0.906 bits per heavy atom. The number of unbranched alkanes of at least 4 members (excludes halogenated alkanes) is 29. The monoisotopic (exact) mass is 971 g/mol. The van der Waals surface area contributed by atoms with Gasteiger partial charge in [-0.2, -0.15) is 13.8 Å². The zero-order valence-corrected chi connectivity index (χ0v) is 45.0. The average Bonchev–Trinajstić information content (AvgIpc) is 3.59. The van der Waals surface area contributed by atoms with E-state index in [1.54, 1.807) is 18.5 Å². The molecule has 0 saturated carbocycles. The van der Waals surface area contributed by atoms with Crippen LogP contribution in [0.25, 0.3) is 16.9 Å². The number of hydrogen-bond acceptors (Lipinski definition) is 0. The summed E-state index contributed by atoms with van der Waals surface area (Å²) < 4.78 is 1.61. The number of benzene rings is 2. The summed E-state index contributed by atoms with van der Waals surface area (Å²) in [7, 11) is 0. The van der Waals surface area contributed by atoms with Gasteiger partial charge < -0.3 is 19.4 Å². The van der Waals surface area contributed by atoms with Crippen LogP contribution in [0.1, 0.15) is 289 Å². The Morgan fingerprint density at radius 2 is 0.594 bits per heavy atom. The number of allylic oxidation sites excluding steroid dienone is 2. The molecule has 3 rings (SSSR count). The van der Waals surface area contributed by atoms with Crippen molar-refractivity contribution < 1.29 is 25.1 Å². The van der Waals surface area contributed by atoms with Gasteiger partial charge in [-0.1, -0.05) is 238 Å². The first kappa shape index (κ1) is 62.2. The first-order chi connectivity index (χ1) is 31.1. The molecule has 2 nitrogen and oxygen atoms in total. The van der Waals surface area contributed by atoms with Gasteiger partial charge in [0.2, 0.25) is 11.4 Å². The van der Waals surface area contributed by atoms with Gasteiger partial charge in [0.25, 0.3) is 0 Å². The van der Waals surface area contributed by atoms with Crippen LogP contribution < -0.4 is 0 Å². The fourth-order valence-electron chi connectivity index (χ4n) is 9.49. The molecule has 0 amide bonds. The summed E-state index contributed by atoms with van der Waals surface area (Å²) in [6.07, 6.45) is 49.3. The number of aryl methyl sites for hydroxylation is 2. The van der Waals surface area contributed by atoms with Gasteiger partial charge in [0, 0.05) is 22.3 Å². The van der Waals surface area contributed by atoms with E-state index in [1.165, 1.54) is 232 Å². The van der Waals surface area contributed by atoms with Gasteiger partial charge in [-0.25, -0.2) is 4.70 Å². The Morgan fingerprint density at radius 1 is 0.344 bits per heavy atom. The predicted octanol–water partition coefficient (Wildman–Crippen LogP) is 21.4. The van der Waals surface area contributed by atoms with Crippen molar-refractivity contribution in [2.24, 2.45) is 0 Å². The second kappa shape index (κ2) is 45.0. The molecule has 0 radical (unpaired) electrons. The zero-order valence-electron chi connectivity index (χ0n) is 43.4. The summed E-state index contributed by atoms with van der Waals surface area (Å²) in [6, 6.07) is 18.4. The van der Waals surface area contributed by atoms with Crippen molar-refractivity contribution in [2.75, 3.05) is 0 Å². The number of rotatable bonds is 39. The van der Waals surface area contributed by atoms with Crippen LogP contribution in [0, 0.1) is 13.8 Å². The van der Waals surface area contributed by atoms with Crippen molar-refractivity contribution in [3.63, 3.8) is 0 Å². The van der Waals surface area contributed by atoms with E-state index in [0.717, 1.165) is 49.9 Å². The molecule has 1 heterocycles. The van der Waals surface area contributed by atoms with Gasteiger partial charge in [-0.15, -0.1) is 0 Å². The summed E-state index contributed by atoms with van der Waals surface area (Å²) in [5.74, 6) is 0. The van der Waals surface area contributed by atoms with Crippen LogP contribution in [0.4, 0.5) is 0 Å². The largest absolute Gasteiger partial charge is 2.00 e. The Kier molecular flexibility index (Phi) is 43.7. The molecular weight excluding hydrogens is 867 g/mol. The van der Waals surface area contributed by atoms with Crippen molar-refractivity contribution in [3.8, 4) is 0 Å². The van der Waals surface area contributed by atoms with Crippen LogP contribution in [0.3, 0.4) is 0 Å². The summed E-state index contributed by atoms with van der Waals surface area (Å²) in [4.78, 5) is 0. The average molecular weight is 972 g/mol. The summed E-state index contributed by atoms with van der Waals surface area (Å²) >= 11 is 0. The predicted molar refractivity (Wildman–Crippen MR) is 284 cm³/mol. The second-order valence-corrected chi connectivity index (χ2v) is 18.6. The van der Waals surface area contributed by atoms with Crippen molar-refractivity contribution in [3.05, 3.63) is 101 Å². The van der Waals surface area contributed by atoms with Crippen LogP contribution >= 0.6 is 0 Å². The molecule has 0 unspecified atom stereocenters. The van der Waals surface area contributed by atoms with Gasteiger partial charge in [-0.05, 0) is 86.8 Å². The summed E-state index contributed by atoms with van der Waals surface area (Å²) in [5.41, 5.74) is 22.3. The smallest absolute Gasteiger partial charge is 0.493 e. The minimum atomic E-state index is 0. The van der Waals surface area contributed by atoms with E-state index >= 15 is 0 Å². The topological polar surface area (TPSA) is 25.3 Å². The molecule has 0 aromatic heterocycles. The third-order valence-electron chi connectivity index (χ3n) is 13.2. The number of hydrogen-bond donors (Lipinski definition) is 0. The first-order valence-electron chi connectivity index (χ1n) is 27.7. The van der Waals surface area contributed by atoms with Crippen molar-refractivity contribution in [1.82, 2.24) is 0 Å². The van der Waals surface area contributed by atoms with E-state index in [4.69, 9.17) is 0 Å². The van der Waals surface area contributed by atoms with Crippen LogP contribution in [-0.4, -0.2) is 4.70 Å². The molecule has 2 aromatic rings. The van der Waals surface area contributed by atoms with Crippen LogP contribution in [0.2, 0.25) is 0 Å². The molecule has 3 heteroatoms. The maximum Gasteiger partial charge on any atom is 2.00 e. The third kappa shape index (κ3) is 27.7. The molecule has 1 aliphatic rings. The Balaban J connectivity index is 0.00000771. The minimum absolute atomic E-state index is 0.